The zero-order chi connectivity index (χ0) is 19.4. The number of rotatable bonds is 6. The number of nitrogens with zero attached hydrogens (tertiary/aromatic N) is 2. The monoisotopic (exact) mass is 392 g/mol. The zero-order valence-electron chi connectivity index (χ0n) is 14.8. The highest BCUT2D eigenvalue weighted by molar-refractivity contribution is 8.15. The van der Waals surface area contributed by atoms with Gasteiger partial charge in [-0.2, -0.15) is 0 Å². The zero-order valence-corrected chi connectivity index (χ0v) is 15.6. The first-order valence-electron chi connectivity index (χ1n) is 8.64. The van der Waals surface area contributed by atoms with Crippen LogP contribution in [0.2, 0.25) is 0 Å². The molecule has 0 unspecified atom stereocenters. The van der Waals surface area contributed by atoms with Gasteiger partial charge in [-0.25, -0.2) is 0 Å². The molecule has 1 saturated carbocycles. The number of ether oxygens (including phenoxy) is 1. The van der Waals surface area contributed by atoms with Gasteiger partial charge in [0, 0.05) is 12.5 Å². The third-order valence-corrected chi connectivity index (χ3v) is 5.54. The molecule has 0 bridgehead atoms. The number of thioether (sulfide) groups is 1. The Hall–Kier alpha value is -2.62. The molecule has 1 aliphatic carbocycles. The molecule has 3 rings (SSSR count). The van der Waals surface area contributed by atoms with E-state index in [1.54, 1.807) is 0 Å². The maximum absolute atomic E-state index is 12.3. The molecule has 2 N–H and O–H groups in total. The van der Waals surface area contributed by atoms with Gasteiger partial charge < -0.3 is 15.4 Å². The van der Waals surface area contributed by atoms with Crippen LogP contribution in [0.5, 0.6) is 5.75 Å². The summed E-state index contributed by atoms with van der Waals surface area (Å²) in [5, 5.41) is 16.2. The first-order valence-corrected chi connectivity index (χ1v) is 9.52. The summed E-state index contributed by atoms with van der Waals surface area (Å²) in [6.07, 6.45) is 4.35. The van der Waals surface area contributed by atoms with Crippen molar-refractivity contribution in [3.8, 4) is 5.75 Å². The van der Waals surface area contributed by atoms with E-state index in [9.17, 15) is 19.7 Å². The topological polar surface area (TPSA) is 123 Å². The number of nitro groups is 1. The molecule has 1 aliphatic heterocycles. The summed E-state index contributed by atoms with van der Waals surface area (Å²) in [4.78, 5) is 39.3. The fourth-order valence-corrected chi connectivity index (χ4v) is 4.11. The van der Waals surface area contributed by atoms with Gasteiger partial charge in [0.15, 0.2) is 5.17 Å². The Labute approximate surface area is 160 Å². The molecule has 9 nitrogen and oxygen atoms in total. The average molecular weight is 392 g/mol. The van der Waals surface area contributed by atoms with Crippen molar-refractivity contribution in [3.63, 3.8) is 0 Å². The maximum Gasteiger partial charge on any atom is 0.273 e. The lowest BCUT2D eigenvalue weighted by atomic mass is 10.2. The predicted molar refractivity (Wildman–Crippen MR) is 102 cm³/mol. The van der Waals surface area contributed by atoms with Crippen LogP contribution in [0.1, 0.15) is 32.1 Å². The van der Waals surface area contributed by atoms with Crippen molar-refractivity contribution in [2.75, 3.05) is 12.4 Å². The first kappa shape index (κ1) is 19.2. The summed E-state index contributed by atoms with van der Waals surface area (Å²) in [5.74, 6) is -0.427. The van der Waals surface area contributed by atoms with Crippen molar-refractivity contribution in [1.82, 2.24) is 5.32 Å². The molecule has 1 aromatic rings. The molecule has 2 aliphatic rings. The smallest absolute Gasteiger partial charge is 0.273 e. The quantitative estimate of drug-likeness (QED) is 0.566. The van der Waals surface area contributed by atoms with Crippen LogP contribution in [-0.4, -0.2) is 40.3 Å². The van der Waals surface area contributed by atoms with E-state index < -0.39 is 10.2 Å². The fourth-order valence-electron chi connectivity index (χ4n) is 3.07. The van der Waals surface area contributed by atoms with E-state index >= 15 is 0 Å². The largest absolute Gasteiger partial charge is 0.494 e. The number of nitrogens with one attached hydrogen (secondary N) is 2. The summed E-state index contributed by atoms with van der Waals surface area (Å²) in [5.41, 5.74) is 0.180. The minimum absolute atomic E-state index is 0.0275. The van der Waals surface area contributed by atoms with Gasteiger partial charge in [0.2, 0.25) is 11.8 Å². The molecule has 0 spiro atoms. The minimum Gasteiger partial charge on any atom is -0.494 e. The Kier molecular flexibility index (Phi) is 5.94. The number of amidine groups is 1. The van der Waals surface area contributed by atoms with E-state index in [1.165, 1.54) is 37.1 Å². The number of amides is 2. The molecule has 144 valence electrons. The van der Waals surface area contributed by atoms with Crippen molar-refractivity contribution < 1.29 is 19.2 Å². The molecule has 1 heterocycles. The van der Waals surface area contributed by atoms with Crippen LogP contribution in [0.4, 0.5) is 11.4 Å². The minimum atomic E-state index is -0.547. The van der Waals surface area contributed by atoms with Crippen LogP contribution in [0.25, 0.3) is 0 Å². The normalized spacial score (nSPS) is 21.3. The average Bonchev–Trinajstić information content (AvgIpc) is 3.25. The summed E-state index contributed by atoms with van der Waals surface area (Å²) in [6, 6.07) is 4.18. The third-order valence-electron chi connectivity index (χ3n) is 4.44. The van der Waals surface area contributed by atoms with Gasteiger partial charge in [-0.3, -0.25) is 24.7 Å². The van der Waals surface area contributed by atoms with Gasteiger partial charge in [0.25, 0.3) is 5.69 Å². The Morgan fingerprint density at radius 1 is 1.44 bits per heavy atom. The summed E-state index contributed by atoms with van der Waals surface area (Å²) in [6.45, 7) is 0. The van der Waals surface area contributed by atoms with E-state index in [4.69, 9.17) is 4.74 Å². The molecular weight excluding hydrogens is 372 g/mol. The molecule has 27 heavy (non-hydrogen) atoms. The second-order valence-corrected chi connectivity index (χ2v) is 7.55. The van der Waals surface area contributed by atoms with E-state index in [0.29, 0.717) is 10.9 Å². The van der Waals surface area contributed by atoms with Gasteiger partial charge in [0.05, 0.1) is 29.8 Å². The molecule has 0 radical (unpaired) electrons. The van der Waals surface area contributed by atoms with Gasteiger partial charge in [-0.05, 0) is 18.9 Å². The van der Waals surface area contributed by atoms with Crippen molar-refractivity contribution in [2.45, 2.75) is 43.4 Å². The number of benzene rings is 1. The van der Waals surface area contributed by atoms with E-state index in [0.717, 1.165) is 25.7 Å². The van der Waals surface area contributed by atoms with Crippen LogP contribution < -0.4 is 15.4 Å². The summed E-state index contributed by atoms with van der Waals surface area (Å²) < 4.78 is 5.10. The molecule has 0 aromatic heterocycles. The van der Waals surface area contributed by atoms with E-state index in [-0.39, 0.29) is 35.7 Å². The highest BCUT2D eigenvalue weighted by atomic mass is 32.2. The molecule has 2 amide bonds. The predicted octanol–water partition coefficient (Wildman–Crippen LogP) is 2.46. The fraction of sp³-hybridized carbons (Fsp3) is 0.471. The van der Waals surface area contributed by atoms with E-state index in [2.05, 4.69) is 15.6 Å². The number of anilines is 1. The van der Waals surface area contributed by atoms with Crippen LogP contribution >= 0.6 is 11.8 Å². The highest BCUT2D eigenvalue weighted by Gasteiger charge is 2.33. The number of hydrogen-bond donors (Lipinski definition) is 2. The maximum atomic E-state index is 12.3. The van der Waals surface area contributed by atoms with Gasteiger partial charge >= 0.3 is 0 Å². The van der Waals surface area contributed by atoms with Crippen LogP contribution in [-0.2, 0) is 9.59 Å². The van der Waals surface area contributed by atoms with Gasteiger partial charge in [-0.15, -0.1) is 0 Å². The Balaban J connectivity index is 1.61. The Morgan fingerprint density at radius 3 is 2.85 bits per heavy atom. The lowest BCUT2D eigenvalue weighted by Gasteiger charge is -2.11. The lowest BCUT2D eigenvalue weighted by Crippen LogP contribution is -2.28. The molecule has 2 fully saturated rings. The third kappa shape index (κ3) is 4.76. The standard InChI is InChI=1S/C17H20N4O5S/c1-26-13-8-11(21(24)25)6-7-12(13)19-15(22)9-14-16(23)20-17(27-14)18-10-4-2-3-5-10/h6-8,10,14H,2-5,9H2,1H3,(H,19,22)(H,18,20,23)/t14-/m1/s1. The number of aliphatic imine (C=N–C) groups is 1. The van der Waals surface area contributed by atoms with Crippen LogP contribution in [0, 0.1) is 10.1 Å². The molecule has 10 heteroatoms. The first-order chi connectivity index (χ1) is 13.0. The lowest BCUT2D eigenvalue weighted by molar-refractivity contribution is -0.384. The highest BCUT2D eigenvalue weighted by Crippen LogP contribution is 2.30. The Bertz CT molecular complexity index is 792. The number of nitro benzene ring substituents is 1. The van der Waals surface area contributed by atoms with Gasteiger partial charge in [0.1, 0.15) is 11.0 Å². The SMILES string of the molecule is COc1cc([N+](=O)[O-])ccc1NC(=O)C[C@H]1SC(=NC2CCCC2)NC1=O. The van der Waals surface area contributed by atoms with Crippen molar-refractivity contribution in [1.29, 1.82) is 0 Å². The molecule has 1 saturated heterocycles. The van der Waals surface area contributed by atoms with Crippen molar-refractivity contribution in [3.05, 3.63) is 28.3 Å². The second-order valence-electron chi connectivity index (χ2n) is 6.36. The number of hydrogen-bond acceptors (Lipinski definition) is 7. The molecule has 1 atom stereocenters. The number of methoxy groups -OCH3 is 1. The molecule has 1 aromatic carbocycles. The second kappa shape index (κ2) is 8.38. The van der Waals surface area contributed by atoms with Gasteiger partial charge in [-0.1, -0.05) is 24.6 Å². The van der Waals surface area contributed by atoms with Crippen molar-refractivity contribution in [2.24, 2.45) is 4.99 Å². The number of non-ortho nitro benzene ring substituents is 1. The van der Waals surface area contributed by atoms with Crippen LogP contribution in [0.3, 0.4) is 0 Å². The van der Waals surface area contributed by atoms with Crippen molar-refractivity contribution >= 4 is 40.1 Å². The van der Waals surface area contributed by atoms with E-state index in [1.807, 2.05) is 0 Å². The Morgan fingerprint density at radius 2 is 2.19 bits per heavy atom. The summed E-state index contributed by atoms with van der Waals surface area (Å²) >= 11 is 1.27. The summed E-state index contributed by atoms with van der Waals surface area (Å²) in [7, 11) is 1.36. The number of carbonyl (C=O) groups is 2. The molecular formula is C17H20N4O5S. The van der Waals surface area contributed by atoms with Crippen LogP contribution in [0.15, 0.2) is 23.2 Å². The number of carbonyl (C=O) groups excluding carboxylic acids is 2.